The Hall–Kier alpha value is -0.940. The van der Waals surface area contributed by atoms with Crippen LogP contribution in [0.5, 0.6) is 0 Å². The van der Waals surface area contributed by atoms with Gasteiger partial charge in [-0.3, -0.25) is 0 Å². The minimum absolute atomic E-state index is 0.366. The summed E-state index contributed by atoms with van der Waals surface area (Å²) in [6.45, 7) is 4.40. The van der Waals surface area contributed by atoms with E-state index >= 15 is 0 Å². The van der Waals surface area contributed by atoms with Gasteiger partial charge in [0.15, 0.2) is 0 Å². The Morgan fingerprint density at radius 1 is 1.28 bits per heavy atom. The monoisotopic (exact) mass is 264 g/mol. The molecule has 0 radical (unpaired) electrons. The summed E-state index contributed by atoms with van der Waals surface area (Å²) in [5.74, 6) is 0. The number of morpholine rings is 1. The number of hydrogen-bond acceptors (Lipinski definition) is 3. The fraction of sp³-hybridized carbons (Fsp3) is 0.429. The molecule has 1 aliphatic heterocycles. The topological polar surface area (TPSA) is 33.9 Å². The third-order valence-electron chi connectivity index (χ3n) is 3.55. The van der Waals surface area contributed by atoms with Crippen LogP contribution in [-0.2, 0) is 4.74 Å². The molecule has 3 rings (SSSR count). The van der Waals surface area contributed by atoms with Crippen molar-refractivity contribution in [2.24, 2.45) is 0 Å². The van der Waals surface area contributed by atoms with E-state index in [9.17, 15) is 5.11 Å². The second-order valence-corrected chi connectivity index (χ2v) is 5.68. The summed E-state index contributed by atoms with van der Waals surface area (Å²) >= 11 is 1.71. The van der Waals surface area contributed by atoms with Gasteiger partial charge < -0.3 is 14.7 Å². The smallest absolute Gasteiger partial charge is 0.129 e. The molecule has 1 aromatic carbocycles. The molecule has 0 bridgehead atoms. The summed E-state index contributed by atoms with van der Waals surface area (Å²) in [7, 11) is 0. The minimum atomic E-state index is -0.366. The maximum Gasteiger partial charge on any atom is 0.129 e. The predicted molar refractivity (Wildman–Crippen MR) is 73.2 cm³/mol. The first-order valence-electron chi connectivity index (χ1n) is 6.40. The maximum absolute atomic E-state index is 10.4. The molecule has 96 valence electrons. The highest BCUT2D eigenvalue weighted by Gasteiger charge is 2.21. The standard InChI is InChI=1S/C14H17NO2S/c16-13(9-15-5-7-17-8-6-15)12-10-18-14-4-2-1-3-11(12)14/h1-4,10,13,16H,5-9H2/p+1/t13-/m1/s1. The van der Waals surface area contributed by atoms with Crippen LogP contribution in [-0.4, -0.2) is 38.0 Å². The SMILES string of the molecule is O[C@H](C[NH+]1CCOCC1)c1csc2ccccc12. The summed E-state index contributed by atoms with van der Waals surface area (Å²) in [6, 6.07) is 8.28. The number of rotatable bonds is 3. The molecule has 1 atom stereocenters. The highest BCUT2D eigenvalue weighted by Crippen LogP contribution is 2.29. The van der Waals surface area contributed by atoms with Gasteiger partial charge in [0.25, 0.3) is 0 Å². The van der Waals surface area contributed by atoms with Gasteiger partial charge in [-0.1, -0.05) is 18.2 Å². The molecule has 0 saturated carbocycles. The number of fused-ring (bicyclic) bond motifs is 1. The Morgan fingerprint density at radius 3 is 2.89 bits per heavy atom. The van der Waals surface area contributed by atoms with E-state index in [2.05, 4.69) is 17.5 Å². The zero-order chi connectivity index (χ0) is 12.4. The minimum Gasteiger partial charge on any atom is -0.382 e. The predicted octanol–water partition coefficient (Wildman–Crippen LogP) is 0.850. The quantitative estimate of drug-likeness (QED) is 0.862. The second-order valence-electron chi connectivity index (χ2n) is 4.77. The first-order valence-corrected chi connectivity index (χ1v) is 7.28. The third kappa shape index (κ3) is 2.42. The third-order valence-corrected chi connectivity index (χ3v) is 4.53. The lowest BCUT2D eigenvalue weighted by atomic mass is 10.1. The summed E-state index contributed by atoms with van der Waals surface area (Å²) < 4.78 is 6.60. The van der Waals surface area contributed by atoms with Gasteiger partial charge >= 0.3 is 0 Å². The lowest BCUT2D eigenvalue weighted by Crippen LogP contribution is -3.14. The molecular formula is C14H18NO2S+. The largest absolute Gasteiger partial charge is 0.382 e. The van der Waals surface area contributed by atoms with Crippen LogP contribution < -0.4 is 4.90 Å². The van der Waals surface area contributed by atoms with E-state index in [1.165, 1.54) is 15.0 Å². The number of ether oxygens (including phenoxy) is 1. The molecule has 0 aliphatic carbocycles. The average Bonchev–Trinajstić information content (AvgIpc) is 2.84. The zero-order valence-electron chi connectivity index (χ0n) is 10.3. The van der Waals surface area contributed by atoms with E-state index in [4.69, 9.17) is 4.74 Å². The van der Waals surface area contributed by atoms with Crippen molar-refractivity contribution < 1.29 is 14.7 Å². The first-order chi connectivity index (χ1) is 8.84. The lowest BCUT2D eigenvalue weighted by molar-refractivity contribution is -0.911. The summed E-state index contributed by atoms with van der Waals surface area (Å²) in [5.41, 5.74) is 1.08. The number of thiophene rings is 1. The van der Waals surface area contributed by atoms with Crippen molar-refractivity contribution >= 4 is 21.4 Å². The Kier molecular flexibility index (Phi) is 3.61. The molecule has 18 heavy (non-hydrogen) atoms. The fourth-order valence-electron chi connectivity index (χ4n) is 2.50. The Balaban J connectivity index is 1.76. The molecule has 2 N–H and O–H groups in total. The van der Waals surface area contributed by atoms with Crippen molar-refractivity contribution in [1.82, 2.24) is 0 Å². The Morgan fingerprint density at radius 2 is 2.06 bits per heavy atom. The Labute approximate surface area is 111 Å². The van der Waals surface area contributed by atoms with Gasteiger partial charge in [-0.25, -0.2) is 0 Å². The zero-order valence-corrected chi connectivity index (χ0v) is 11.1. The van der Waals surface area contributed by atoms with E-state index in [1.807, 2.05) is 12.1 Å². The van der Waals surface area contributed by atoms with Crippen molar-refractivity contribution in [3.05, 3.63) is 35.2 Å². The molecule has 2 aromatic rings. The summed E-state index contributed by atoms with van der Waals surface area (Å²) in [6.07, 6.45) is -0.366. The number of benzene rings is 1. The average molecular weight is 264 g/mol. The normalized spacial score (nSPS) is 19.2. The highest BCUT2D eigenvalue weighted by atomic mass is 32.1. The van der Waals surface area contributed by atoms with Gasteiger partial charge in [0.05, 0.1) is 13.2 Å². The maximum atomic E-state index is 10.4. The van der Waals surface area contributed by atoms with Crippen molar-refractivity contribution in [3.8, 4) is 0 Å². The van der Waals surface area contributed by atoms with Gasteiger partial charge in [0.2, 0.25) is 0 Å². The van der Waals surface area contributed by atoms with Crippen molar-refractivity contribution in [1.29, 1.82) is 0 Å². The molecule has 1 saturated heterocycles. The molecule has 0 spiro atoms. The van der Waals surface area contributed by atoms with Gasteiger partial charge in [0, 0.05) is 10.3 Å². The molecule has 1 fully saturated rings. The van der Waals surface area contributed by atoms with Crippen LogP contribution in [0, 0.1) is 0 Å². The van der Waals surface area contributed by atoms with Crippen molar-refractivity contribution in [2.75, 3.05) is 32.8 Å². The van der Waals surface area contributed by atoms with E-state index < -0.39 is 0 Å². The lowest BCUT2D eigenvalue weighted by Gasteiger charge is -2.25. The van der Waals surface area contributed by atoms with Crippen LogP contribution in [0.25, 0.3) is 10.1 Å². The van der Waals surface area contributed by atoms with Gasteiger partial charge in [0.1, 0.15) is 25.7 Å². The van der Waals surface area contributed by atoms with E-state index in [1.54, 1.807) is 11.3 Å². The van der Waals surface area contributed by atoms with Crippen LogP contribution in [0.2, 0.25) is 0 Å². The van der Waals surface area contributed by atoms with Crippen LogP contribution in [0.3, 0.4) is 0 Å². The van der Waals surface area contributed by atoms with Crippen LogP contribution in [0.15, 0.2) is 29.6 Å². The van der Waals surface area contributed by atoms with Gasteiger partial charge in [-0.2, -0.15) is 0 Å². The second kappa shape index (κ2) is 5.36. The molecule has 0 unspecified atom stereocenters. The van der Waals surface area contributed by atoms with Crippen molar-refractivity contribution in [2.45, 2.75) is 6.10 Å². The van der Waals surface area contributed by atoms with E-state index in [0.29, 0.717) is 0 Å². The molecule has 2 heterocycles. The Bertz CT molecular complexity index is 519. The van der Waals surface area contributed by atoms with Crippen molar-refractivity contribution in [3.63, 3.8) is 0 Å². The van der Waals surface area contributed by atoms with Crippen LogP contribution in [0.1, 0.15) is 11.7 Å². The van der Waals surface area contributed by atoms with Crippen LogP contribution in [0.4, 0.5) is 0 Å². The molecular weight excluding hydrogens is 246 g/mol. The van der Waals surface area contributed by atoms with Gasteiger partial charge in [-0.05, 0) is 16.8 Å². The van der Waals surface area contributed by atoms with E-state index in [-0.39, 0.29) is 6.10 Å². The van der Waals surface area contributed by atoms with E-state index in [0.717, 1.165) is 38.4 Å². The summed E-state index contributed by atoms with van der Waals surface area (Å²) in [4.78, 5) is 1.43. The number of aliphatic hydroxyl groups is 1. The number of quaternary nitrogens is 1. The number of nitrogens with one attached hydrogen (secondary N) is 1. The molecule has 0 amide bonds. The molecule has 1 aliphatic rings. The molecule has 3 nitrogen and oxygen atoms in total. The number of aliphatic hydroxyl groups excluding tert-OH is 1. The molecule has 4 heteroatoms. The molecule has 1 aromatic heterocycles. The highest BCUT2D eigenvalue weighted by molar-refractivity contribution is 7.17. The number of hydrogen-bond donors (Lipinski definition) is 2. The fourth-order valence-corrected chi connectivity index (χ4v) is 3.51. The first kappa shape index (κ1) is 12.1. The van der Waals surface area contributed by atoms with Gasteiger partial charge in [-0.15, -0.1) is 11.3 Å². The summed E-state index contributed by atoms with van der Waals surface area (Å²) in [5, 5.41) is 13.7. The van der Waals surface area contributed by atoms with Crippen LogP contribution >= 0.6 is 11.3 Å².